The lowest BCUT2D eigenvalue weighted by Gasteiger charge is -2.10. The number of carbonyl (C=O) groups is 3. The van der Waals surface area contributed by atoms with Gasteiger partial charge in [0.2, 0.25) is 0 Å². The molecule has 0 spiro atoms. The van der Waals surface area contributed by atoms with Crippen molar-refractivity contribution in [3.63, 3.8) is 0 Å². The Kier molecular flexibility index (Phi) is 5.55. The van der Waals surface area contributed by atoms with Crippen LogP contribution in [0, 0.1) is 0 Å². The van der Waals surface area contributed by atoms with Crippen LogP contribution in [0.4, 0.5) is 0 Å². The van der Waals surface area contributed by atoms with Crippen molar-refractivity contribution in [3.8, 4) is 0 Å². The largest absolute Gasteiger partial charge is 0.463 e. The average Bonchev–Trinajstić information content (AvgIpc) is 2.52. The Balaban J connectivity index is 2.99. The number of Topliss-reactive ketones (excluding diaryl/α,β-unsaturated/α-hetero) is 1. The third-order valence-electron chi connectivity index (χ3n) is 2.72. The summed E-state index contributed by atoms with van der Waals surface area (Å²) in [7, 11) is 0. The van der Waals surface area contributed by atoms with Crippen LogP contribution in [-0.4, -0.2) is 30.9 Å². The lowest BCUT2D eigenvalue weighted by molar-refractivity contribution is -0.142. The van der Waals surface area contributed by atoms with Gasteiger partial charge in [-0.05, 0) is 26.7 Å². The predicted molar refractivity (Wildman–Crippen MR) is 63.8 cm³/mol. The smallest absolute Gasteiger partial charge is 0.334 e. The van der Waals surface area contributed by atoms with Crippen LogP contribution < -0.4 is 0 Å². The first kappa shape index (κ1) is 14.4. The van der Waals surface area contributed by atoms with Crippen LogP contribution in [-0.2, 0) is 23.9 Å². The third kappa shape index (κ3) is 3.68. The molecule has 0 unspecified atom stereocenters. The first-order valence-electron chi connectivity index (χ1n) is 6.18. The molecule has 0 atom stereocenters. The summed E-state index contributed by atoms with van der Waals surface area (Å²) in [4.78, 5) is 35.0. The topological polar surface area (TPSA) is 69.7 Å². The number of hydrogen-bond donors (Lipinski definition) is 0. The molecular weight excluding hydrogens is 236 g/mol. The first-order chi connectivity index (χ1) is 8.60. The number of carbonyl (C=O) groups excluding carboxylic acids is 3. The normalized spacial score (nSPS) is 16.2. The highest BCUT2D eigenvalue weighted by Crippen LogP contribution is 2.24. The average molecular weight is 254 g/mol. The van der Waals surface area contributed by atoms with Crippen molar-refractivity contribution < 1.29 is 23.9 Å². The maximum absolute atomic E-state index is 11.8. The van der Waals surface area contributed by atoms with Crippen LogP contribution in [0.25, 0.3) is 0 Å². The van der Waals surface area contributed by atoms with Gasteiger partial charge in [0.05, 0.1) is 13.2 Å². The zero-order valence-electron chi connectivity index (χ0n) is 10.8. The van der Waals surface area contributed by atoms with Crippen LogP contribution in [0.2, 0.25) is 0 Å². The molecule has 0 aromatic rings. The highest BCUT2D eigenvalue weighted by Gasteiger charge is 2.26. The van der Waals surface area contributed by atoms with Crippen molar-refractivity contribution in [3.05, 3.63) is 11.1 Å². The van der Waals surface area contributed by atoms with Gasteiger partial charge in [-0.2, -0.15) is 0 Å². The Hall–Kier alpha value is -1.65. The number of ketones is 1. The molecule has 5 nitrogen and oxygen atoms in total. The van der Waals surface area contributed by atoms with Crippen LogP contribution in [0.15, 0.2) is 11.1 Å². The van der Waals surface area contributed by atoms with E-state index in [4.69, 9.17) is 9.47 Å². The second kappa shape index (κ2) is 6.93. The van der Waals surface area contributed by atoms with E-state index in [1.807, 2.05) is 0 Å². The summed E-state index contributed by atoms with van der Waals surface area (Å²) in [5.74, 6) is -0.985. The summed E-state index contributed by atoms with van der Waals surface area (Å²) in [5, 5.41) is 0. The van der Waals surface area contributed by atoms with Gasteiger partial charge in [-0.25, -0.2) is 9.59 Å². The van der Waals surface area contributed by atoms with Gasteiger partial charge >= 0.3 is 11.9 Å². The summed E-state index contributed by atoms with van der Waals surface area (Å²) in [6.45, 7) is 3.88. The quantitative estimate of drug-likeness (QED) is 0.712. The Morgan fingerprint density at radius 3 is 1.61 bits per heavy atom. The van der Waals surface area contributed by atoms with Gasteiger partial charge in [-0.1, -0.05) is 0 Å². The summed E-state index contributed by atoms with van der Waals surface area (Å²) in [5.41, 5.74) is 0.585. The second-order valence-corrected chi connectivity index (χ2v) is 3.94. The minimum absolute atomic E-state index is 0.0519. The summed E-state index contributed by atoms with van der Waals surface area (Å²) in [6, 6.07) is 0. The molecule has 18 heavy (non-hydrogen) atoms. The van der Waals surface area contributed by atoms with Crippen molar-refractivity contribution in [1.82, 2.24) is 0 Å². The fourth-order valence-corrected chi connectivity index (χ4v) is 1.84. The summed E-state index contributed by atoms with van der Waals surface area (Å²) in [6.07, 6.45) is 1.06. The van der Waals surface area contributed by atoms with E-state index in [1.54, 1.807) is 13.8 Å². The van der Waals surface area contributed by atoms with Gasteiger partial charge in [-0.3, -0.25) is 4.79 Å². The molecule has 0 fully saturated rings. The van der Waals surface area contributed by atoms with Gasteiger partial charge in [0, 0.05) is 24.0 Å². The van der Waals surface area contributed by atoms with Gasteiger partial charge in [0.1, 0.15) is 5.78 Å². The molecule has 5 heteroatoms. The van der Waals surface area contributed by atoms with Gasteiger partial charge in [0.15, 0.2) is 0 Å². The monoisotopic (exact) mass is 254 g/mol. The number of rotatable bonds is 4. The fourth-order valence-electron chi connectivity index (χ4n) is 1.84. The third-order valence-corrected chi connectivity index (χ3v) is 2.72. The summed E-state index contributed by atoms with van der Waals surface area (Å²) >= 11 is 0. The van der Waals surface area contributed by atoms with E-state index in [0.717, 1.165) is 0 Å². The van der Waals surface area contributed by atoms with Crippen molar-refractivity contribution in [1.29, 1.82) is 0 Å². The van der Waals surface area contributed by atoms with E-state index < -0.39 is 11.9 Å². The lowest BCUT2D eigenvalue weighted by Crippen LogP contribution is -2.16. The van der Waals surface area contributed by atoms with E-state index in [-0.39, 0.29) is 44.7 Å². The molecule has 0 aliphatic heterocycles. The Bertz CT molecular complexity index is 347. The molecule has 0 N–H and O–H groups in total. The van der Waals surface area contributed by atoms with E-state index in [9.17, 15) is 14.4 Å². The summed E-state index contributed by atoms with van der Waals surface area (Å²) < 4.78 is 9.83. The fraction of sp³-hybridized carbons (Fsp3) is 0.615. The number of hydrogen-bond acceptors (Lipinski definition) is 5. The van der Waals surface area contributed by atoms with Gasteiger partial charge < -0.3 is 9.47 Å². The molecule has 1 aliphatic carbocycles. The lowest BCUT2D eigenvalue weighted by atomic mass is 10.0. The van der Waals surface area contributed by atoms with Crippen molar-refractivity contribution in [2.75, 3.05) is 13.2 Å². The molecule has 0 aromatic carbocycles. The van der Waals surface area contributed by atoms with E-state index in [1.165, 1.54) is 0 Å². The maximum Gasteiger partial charge on any atom is 0.334 e. The first-order valence-corrected chi connectivity index (χ1v) is 6.18. The maximum atomic E-state index is 11.8. The van der Waals surface area contributed by atoms with E-state index in [2.05, 4.69) is 0 Å². The number of esters is 2. The molecule has 100 valence electrons. The highest BCUT2D eigenvalue weighted by atomic mass is 16.5. The molecular formula is C13H18O5. The zero-order valence-corrected chi connectivity index (χ0v) is 10.8. The van der Waals surface area contributed by atoms with Crippen LogP contribution in [0.3, 0.4) is 0 Å². The van der Waals surface area contributed by atoms with Crippen LogP contribution in [0.1, 0.15) is 39.5 Å². The molecule has 1 aliphatic rings. The zero-order chi connectivity index (χ0) is 13.5. The predicted octanol–water partition coefficient (Wildman–Crippen LogP) is 1.55. The Labute approximate surface area is 106 Å². The molecule has 0 amide bonds. The van der Waals surface area contributed by atoms with Crippen molar-refractivity contribution >= 4 is 17.7 Å². The van der Waals surface area contributed by atoms with Crippen LogP contribution >= 0.6 is 0 Å². The van der Waals surface area contributed by atoms with Gasteiger partial charge in [-0.15, -0.1) is 0 Å². The van der Waals surface area contributed by atoms with Gasteiger partial charge in [0.25, 0.3) is 0 Å². The molecule has 0 saturated carbocycles. The van der Waals surface area contributed by atoms with Crippen molar-refractivity contribution in [2.24, 2.45) is 0 Å². The highest BCUT2D eigenvalue weighted by molar-refractivity contribution is 6.02. The Morgan fingerprint density at radius 1 is 0.889 bits per heavy atom. The molecule has 1 rings (SSSR count). The van der Waals surface area contributed by atoms with E-state index >= 15 is 0 Å². The minimum Gasteiger partial charge on any atom is -0.463 e. The van der Waals surface area contributed by atoms with E-state index in [0.29, 0.717) is 11.1 Å². The second-order valence-electron chi connectivity index (χ2n) is 3.94. The standard InChI is InChI=1S/C13H18O5/c1-3-17-12(15)10-7-5-9(14)6-8-11(10)13(16)18-4-2/h3-8H2,1-2H3. The molecule has 0 bridgehead atoms. The molecule has 0 aromatic heterocycles. The molecule has 0 saturated heterocycles. The van der Waals surface area contributed by atoms with Crippen LogP contribution in [0.5, 0.6) is 0 Å². The molecule has 0 radical (unpaired) electrons. The van der Waals surface area contributed by atoms with Crippen molar-refractivity contribution in [2.45, 2.75) is 39.5 Å². The Morgan fingerprint density at radius 2 is 1.28 bits per heavy atom. The SMILES string of the molecule is CCOC(=O)C1=C(C(=O)OCC)CCC(=O)CC1. The molecule has 0 heterocycles. The number of ether oxygens (including phenoxy) is 2. The minimum atomic E-state index is -0.518.